The highest BCUT2D eigenvalue weighted by Gasteiger charge is 2.18. The van der Waals surface area contributed by atoms with Crippen LogP contribution in [-0.4, -0.2) is 24.1 Å². The molecule has 1 atom stereocenters. The van der Waals surface area contributed by atoms with E-state index in [-0.39, 0.29) is 12.5 Å². The van der Waals surface area contributed by atoms with E-state index >= 15 is 0 Å². The fourth-order valence-electron chi connectivity index (χ4n) is 2.68. The van der Waals surface area contributed by atoms with Gasteiger partial charge in [-0.05, 0) is 24.8 Å². The lowest BCUT2D eigenvalue weighted by atomic mass is 9.96. The van der Waals surface area contributed by atoms with Crippen molar-refractivity contribution in [2.75, 3.05) is 0 Å². The molecule has 2 N–H and O–H groups in total. The zero-order valence-corrected chi connectivity index (χ0v) is 12.0. The van der Waals surface area contributed by atoms with Crippen LogP contribution in [0.5, 0.6) is 0 Å². The lowest BCUT2D eigenvalue weighted by molar-refractivity contribution is -0.308. The largest absolute Gasteiger partial charge is 0.548 e. The Balaban J connectivity index is 1.86. The van der Waals surface area contributed by atoms with E-state index in [2.05, 4.69) is 10.6 Å². The summed E-state index contributed by atoms with van der Waals surface area (Å²) in [6.07, 6.45) is 5.57. The Bertz CT molecular complexity index is 470. The van der Waals surface area contributed by atoms with Crippen molar-refractivity contribution in [3.63, 3.8) is 0 Å². The molecule has 1 aliphatic rings. The van der Waals surface area contributed by atoms with Crippen LogP contribution in [0.4, 0.5) is 4.79 Å². The third kappa shape index (κ3) is 5.10. The molecule has 0 bridgehead atoms. The average Bonchev–Trinajstić information content (AvgIpc) is 2.48. The van der Waals surface area contributed by atoms with Gasteiger partial charge >= 0.3 is 6.03 Å². The first-order valence-corrected chi connectivity index (χ1v) is 7.47. The van der Waals surface area contributed by atoms with Crippen LogP contribution in [0.25, 0.3) is 0 Å². The lowest BCUT2D eigenvalue weighted by Crippen LogP contribution is -2.53. The van der Waals surface area contributed by atoms with Crippen molar-refractivity contribution in [1.82, 2.24) is 10.6 Å². The number of aliphatic carboxylic acids is 1. The summed E-state index contributed by atoms with van der Waals surface area (Å²) in [5.41, 5.74) is 0.852. The minimum Gasteiger partial charge on any atom is -0.548 e. The Morgan fingerprint density at radius 2 is 1.81 bits per heavy atom. The maximum Gasteiger partial charge on any atom is 0.315 e. The van der Waals surface area contributed by atoms with Crippen molar-refractivity contribution in [3.8, 4) is 0 Å². The minimum absolute atomic E-state index is 0.151. The molecule has 21 heavy (non-hydrogen) atoms. The van der Waals surface area contributed by atoms with E-state index in [0.717, 1.165) is 31.2 Å². The molecule has 5 heteroatoms. The molecule has 2 rings (SSSR count). The number of nitrogens with one attached hydrogen (secondary N) is 2. The zero-order valence-electron chi connectivity index (χ0n) is 12.0. The van der Waals surface area contributed by atoms with Crippen molar-refractivity contribution in [2.45, 2.75) is 50.6 Å². The van der Waals surface area contributed by atoms with Gasteiger partial charge in [-0.25, -0.2) is 4.79 Å². The fourth-order valence-corrected chi connectivity index (χ4v) is 2.68. The van der Waals surface area contributed by atoms with Gasteiger partial charge in [0.15, 0.2) is 0 Å². The predicted octanol–water partition coefficient (Wildman–Crippen LogP) is 0.980. The molecule has 114 valence electrons. The molecular formula is C16H21N2O3-. The SMILES string of the molecule is O=C(NC1CCCCC1)N[C@@H](Cc1ccccc1)C(=O)[O-]. The monoisotopic (exact) mass is 289 g/mol. The van der Waals surface area contributed by atoms with Gasteiger partial charge in [0.1, 0.15) is 0 Å². The molecule has 1 saturated carbocycles. The van der Waals surface area contributed by atoms with Crippen LogP contribution >= 0.6 is 0 Å². The summed E-state index contributed by atoms with van der Waals surface area (Å²) in [6, 6.07) is 7.91. The Kier molecular flexibility index (Phi) is 5.60. The number of urea groups is 1. The summed E-state index contributed by atoms with van der Waals surface area (Å²) in [4.78, 5) is 23.1. The van der Waals surface area contributed by atoms with Crippen molar-refractivity contribution in [2.24, 2.45) is 0 Å². The van der Waals surface area contributed by atoms with Gasteiger partial charge in [-0.3, -0.25) is 0 Å². The van der Waals surface area contributed by atoms with E-state index in [4.69, 9.17) is 0 Å². The van der Waals surface area contributed by atoms with Crippen LogP contribution in [0.2, 0.25) is 0 Å². The first-order valence-electron chi connectivity index (χ1n) is 7.47. The van der Waals surface area contributed by atoms with E-state index < -0.39 is 18.0 Å². The summed E-state index contributed by atoms with van der Waals surface area (Å²) in [6.45, 7) is 0. The van der Waals surface area contributed by atoms with Gasteiger partial charge in [-0.1, -0.05) is 49.6 Å². The van der Waals surface area contributed by atoms with Gasteiger partial charge in [0.25, 0.3) is 0 Å². The molecule has 1 fully saturated rings. The second-order valence-corrected chi connectivity index (χ2v) is 5.51. The first kappa shape index (κ1) is 15.4. The Hall–Kier alpha value is -2.04. The number of carboxylic acids is 1. The van der Waals surface area contributed by atoms with Crippen LogP contribution in [-0.2, 0) is 11.2 Å². The predicted molar refractivity (Wildman–Crippen MR) is 77.5 cm³/mol. The molecule has 5 nitrogen and oxygen atoms in total. The van der Waals surface area contributed by atoms with Gasteiger partial charge in [0.05, 0.1) is 12.0 Å². The van der Waals surface area contributed by atoms with Crippen LogP contribution in [0.1, 0.15) is 37.7 Å². The number of carbonyl (C=O) groups is 2. The van der Waals surface area contributed by atoms with Crippen molar-refractivity contribution in [3.05, 3.63) is 35.9 Å². The number of amides is 2. The highest BCUT2D eigenvalue weighted by Crippen LogP contribution is 2.17. The fraction of sp³-hybridized carbons (Fsp3) is 0.500. The summed E-state index contributed by atoms with van der Waals surface area (Å²) < 4.78 is 0. The van der Waals surface area contributed by atoms with Gasteiger partial charge in [0, 0.05) is 6.04 Å². The third-order valence-electron chi connectivity index (χ3n) is 3.81. The lowest BCUT2D eigenvalue weighted by Gasteiger charge is -2.25. The number of rotatable bonds is 5. The maximum atomic E-state index is 11.9. The number of carbonyl (C=O) groups excluding carboxylic acids is 2. The normalized spacial score (nSPS) is 17.0. The highest BCUT2D eigenvalue weighted by atomic mass is 16.4. The quantitative estimate of drug-likeness (QED) is 0.848. The Morgan fingerprint density at radius 3 is 2.43 bits per heavy atom. The molecule has 0 unspecified atom stereocenters. The van der Waals surface area contributed by atoms with Gasteiger partial charge in [-0.2, -0.15) is 0 Å². The van der Waals surface area contributed by atoms with E-state index in [9.17, 15) is 14.7 Å². The van der Waals surface area contributed by atoms with Crippen LogP contribution in [0.15, 0.2) is 30.3 Å². The maximum absolute atomic E-state index is 11.9. The molecule has 0 spiro atoms. The smallest absolute Gasteiger partial charge is 0.315 e. The van der Waals surface area contributed by atoms with Crippen molar-refractivity contribution >= 4 is 12.0 Å². The first-order chi connectivity index (χ1) is 10.1. The van der Waals surface area contributed by atoms with Crippen LogP contribution in [0, 0.1) is 0 Å². The second kappa shape index (κ2) is 7.67. The van der Waals surface area contributed by atoms with E-state index in [1.807, 2.05) is 30.3 Å². The standard InChI is InChI=1S/C16H22N2O3/c19-15(20)14(11-12-7-3-1-4-8-12)18-16(21)17-13-9-5-2-6-10-13/h1,3-4,7-8,13-14H,2,5-6,9-11H2,(H,19,20)(H2,17,18,21)/p-1/t14-/m0/s1. The molecule has 0 aromatic heterocycles. The molecule has 1 aromatic carbocycles. The van der Waals surface area contributed by atoms with Crippen molar-refractivity contribution < 1.29 is 14.7 Å². The molecule has 0 saturated heterocycles. The molecule has 2 amide bonds. The number of hydrogen-bond acceptors (Lipinski definition) is 3. The minimum atomic E-state index is -1.27. The third-order valence-corrected chi connectivity index (χ3v) is 3.81. The number of carboxylic acid groups (broad SMARTS) is 1. The summed E-state index contributed by atoms with van der Waals surface area (Å²) >= 11 is 0. The topological polar surface area (TPSA) is 81.3 Å². The molecule has 1 aliphatic carbocycles. The molecule has 0 heterocycles. The summed E-state index contributed by atoms with van der Waals surface area (Å²) in [7, 11) is 0. The second-order valence-electron chi connectivity index (χ2n) is 5.51. The average molecular weight is 289 g/mol. The van der Waals surface area contributed by atoms with E-state index in [1.165, 1.54) is 6.42 Å². The van der Waals surface area contributed by atoms with Gasteiger partial charge in [0.2, 0.25) is 0 Å². The Morgan fingerprint density at radius 1 is 1.14 bits per heavy atom. The molecule has 0 radical (unpaired) electrons. The van der Waals surface area contributed by atoms with Crippen LogP contribution < -0.4 is 15.7 Å². The highest BCUT2D eigenvalue weighted by molar-refractivity contribution is 5.81. The number of hydrogen-bond donors (Lipinski definition) is 2. The molecule has 1 aromatic rings. The van der Waals surface area contributed by atoms with Gasteiger partial charge in [-0.15, -0.1) is 0 Å². The van der Waals surface area contributed by atoms with Crippen molar-refractivity contribution in [1.29, 1.82) is 0 Å². The number of benzene rings is 1. The molecular weight excluding hydrogens is 268 g/mol. The van der Waals surface area contributed by atoms with E-state index in [0.29, 0.717) is 0 Å². The van der Waals surface area contributed by atoms with Crippen LogP contribution in [0.3, 0.4) is 0 Å². The van der Waals surface area contributed by atoms with E-state index in [1.54, 1.807) is 0 Å². The Labute approximate surface area is 124 Å². The summed E-state index contributed by atoms with van der Waals surface area (Å²) in [5, 5.41) is 16.5. The van der Waals surface area contributed by atoms with Gasteiger partial charge < -0.3 is 20.5 Å². The molecule has 0 aliphatic heterocycles. The zero-order chi connectivity index (χ0) is 15.1. The summed E-state index contributed by atoms with van der Waals surface area (Å²) in [5.74, 6) is -1.27.